The summed E-state index contributed by atoms with van der Waals surface area (Å²) in [6.45, 7) is 4.77. The molecule has 5 heteroatoms. The quantitative estimate of drug-likeness (QED) is 0.527. The lowest BCUT2D eigenvalue weighted by atomic mass is 10.1. The minimum atomic E-state index is -0.758. The number of unbranched alkanes of at least 4 members (excludes halogenated alkanes) is 2. The van der Waals surface area contributed by atoms with Crippen LogP contribution in [-0.2, 0) is 4.79 Å². The molecule has 2 amide bonds. The highest BCUT2D eigenvalue weighted by atomic mass is 16.4. The number of carbonyl (C=O) groups is 2. The average molecular weight is 258 g/mol. The highest BCUT2D eigenvalue weighted by Gasteiger charge is 2.08. The Morgan fingerprint density at radius 1 is 1.17 bits per heavy atom. The molecular formula is C13H26N2O3. The molecule has 0 rings (SSSR count). The maximum absolute atomic E-state index is 11.5. The van der Waals surface area contributed by atoms with Crippen LogP contribution in [0.1, 0.15) is 58.8 Å². The summed E-state index contributed by atoms with van der Waals surface area (Å²) in [4.78, 5) is 21.8. The molecule has 106 valence electrons. The van der Waals surface area contributed by atoms with Crippen LogP contribution in [0.2, 0.25) is 0 Å². The van der Waals surface area contributed by atoms with E-state index >= 15 is 0 Å². The molecule has 0 aliphatic carbocycles. The van der Waals surface area contributed by atoms with Crippen LogP contribution in [0.5, 0.6) is 0 Å². The van der Waals surface area contributed by atoms with Gasteiger partial charge in [-0.25, -0.2) is 4.79 Å². The van der Waals surface area contributed by atoms with E-state index < -0.39 is 5.97 Å². The largest absolute Gasteiger partial charge is 0.481 e. The Hall–Kier alpha value is -1.26. The second-order valence-corrected chi connectivity index (χ2v) is 4.50. The monoisotopic (exact) mass is 258 g/mol. The van der Waals surface area contributed by atoms with Gasteiger partial charge in [0.2, 0.25) is 0 Å². The molecule has 3 N–H and O–H groups in total. The Labute approximate surface area is 109 Å². The van der Waals surface area contributed by atoms with Gasteiger partial charge in [-0.1, -0.05) is 26.7 Å². The number of carboxylic acid groups (broad SMARTS) is 1. The van der Waals surface area contributed by atoms with Crippen LogP contribution in [0.15, 0.2) is 0 Å². The first-order valence-corrected chi connectivity index (χ1v) is 6.86. The fourth-order valence-electron chi connectivity index (χ4n) is 1.74. The minimum Gasteiger partial charge on any atom is -0.481 e. The van der Waals surface area contributed by atoms with Gasteiger partial charge in [0.25, 0.3) is 0 Å². The molecule has 0 spiro atoms. The zero-order valence-corrected chi connectivity index (χ0v) is 11.5. The van der Waals surface area contributed by atoms with E-state index in [1.165, 1.54) is 0 Å². The molecule has 0 aliphatic rings. The third-order valence-electron chi connectivity index (χ3n) is 2.82. The minimum absolute atomic E-state index is 0.117. The SMILES string of the molecule is CCCC(CC)NC(=O)NCCCCCC(=O)O. The second-order valence-electron chi connectivity index (χ2n) is 4.50. The van der Waals surface area contributed by atoms with E-state index in [-0.39, 0.29) is 18.5 Å². The van der Waals surface area contributed by atoms with Gasteiger partial charge in [0.15, 0.2) is 0 Å². The number of hydrogen-bond acceptors (Lipinski definition) is 2. The van der Waals surface area contributed by atoms with E-state index in [0.29, 0.717) is 13.0 Å². The summed E-state index contributed by atoms with van der Waals surface area (Å²) in [7, 11) is 0. The zero-order valence-electron chi connectivity index (χ0n) is 11.5. The summed E-state index contributed by atoms with van der Waals surface area (Å²) in [5.41, 5.74) is 0. The topological polar surface area (TPSA) is 78.4 Å². The Bertz CT molecular complexity index is 244. The third-order valence-corrected chi connectivity index (χ3v) is 2.82. The van der Waals surface area contributed by atoms with Crippen molar-refractivity contribution in [1.29, 1.82) is 0 Å². The Kier molecular flexibility index (Phi) is 10.1. The van der Waals surface area contributed by atoms with Crippen LogP contribution in [0.25, 0.3) is 0 Å². The zero-order chi connectivity index (χ0) is 13.8. The van der Waals surface area contributed by atoms with Gasteiger partial charge in [0.05, 0.1) is 0 Å². The normalized spacial score (nSPS) is 11.9. The number of aliphatic carboxylic acids is 1. The van der Waals surface area contributed by atoms with Crippen LogP contribution in [0.3, 0.4) is 0 Å². The Morgan fingerprint density at radius 3 is 2.44 bits per heavy atom. The standard InChI is InChI=1S/C13H26N2O3/c1-3-8-11(4-2)15-13(18)14-10-7-5-6-9-12(16)17/h11H,3-10H2,1-2H3,(H,16,17)(H2,14,15,18). The van der Waals surface area contributed by atoms with Gasteiger partial charge >= 0.3 is 12.0 Å². The molecule has 1 atom stereocenters. The van der Waals surface area contributed by atoms with Crippen LogP contribution < -0.4 is 10.6 Å². The van der Waals surface area contributed by atoms with Crippen molar-refractivity contribution < 1.29 is 14.7 Å². The lowest BCUT2D eigenvalue weighted by Gasteiger charge is -2.16. The van der Waals surface area contributed by atoms with Gasteiger partial charge in [-0.3, -0.25) is 4.79 Å². The molecule has 0 saturated heterocycles. The number of urea groups is 1. The van der Waals surface area contributed by atoms with E-state index in [4.69, 9.17) is 5.11 Å². The summed E-state index contributed by atoms with van der Waals surface area (Å²) in [5.74, 6) is -0.758. The number of hydrogen-bond donors (Lipinski definition) is 3. The molecule has 0 bridgehead atoms. The molecular weight excluding hydrogens is 232 g/mol. The van der Waals surface area contributed by atoms with Crippen LogP contribution in [0.4, 0.5) is 4.79 Å². The predicted molar refractivity (Wildman–Crippen MR) is 71.6 cm³/mol. The summed E-state index contributed by atoms with van der Waals surface area (Å²) in [6.07, 6.45) is 5.55. The van der Waals surface area contributed by atoms with E-state index in [1.807, 2.05) is 0 Å². The van der Waals surface area contributed by atoms with Gasteiger partial charge in [-0.15, -0.1) is 0 Å². The lowest BCUT2D eigenvalue weighted by molar-refractivity contribution is -0.137. The first kappa shape index (κ1) is 16.7. The molecule has 18 heavy (non-hydrogen) atoms. The van der Waals surface area contributed by atoms with Gasteiger partial charge in [-0.05, 0) is 25.7 Å². The van der Waals surface area contributed by atoms with Crippen LogP contribution >= 0.6 is 0 Å². The summed E-state index contributed by atoms with van der Waals surface area (Å²) >= 11 is 0. The molecule has 0 fully saturated rings. The molecule has 5 nitrogen and oxygen atoms in total. The van der Waals surface area contributed by atoms with E-state index in [9.17, 15) is 9.59 Å². The molecule has 0 aliphatic heterocycles. The number of amides is 2. The number of carbonyl (C=O) groups excluding carboxylic acids is 1. The predicted octanol–water partition coefficient (Wildman–Crippen LogP) is 2.51. The summed E-state index contributed by atoms with van der Waals surface area (Å²) < 4.78 is 0. The van der Waals surface area contributed by atoms with Gasteiger partial charge in [-0.2, -0.15) is 0 Å². The molecule has 0 aromatic carbocycles. The summed E-state index contributed by atoms with van der Waals surface area (Å²) in [6, 6.07) is 0.135. The van der Waals surface area contributed by atoms with Crippen molar-refractivity contribution in [2.75, 3.05) is 6.54 Å². The van der Waals surface area contributed by atoms with Crippen LogP contribution in [-0.4, -0.2) is 29.7 Å². The number of rotatable bonds is 10. The van der Waals surface area contributed by atoms with Gasteiger partial charge in [0, 0.05) is 19.0 Å². The highest BCUT2D eigenvalue weighted by molar-refractivity contribution is 5.74. The maximum Gasteiger partial charge on any atom is 0.315 e. The van der Waals surface area contributed by atoms with Crippen molar-refractivity contribution in [1.82, 2.24) is 10.6 Å². The number of nitrogens with one attached hydrogen (secondary N) is 2. The Morgan fingerprint density at radius 2 is 1.89 bits per heavy atom. The Balaban J connectivity index is 3.49. The van der Waals surface area contributed by atoms with Crippen molar-refractivity contribution in [2.45, 2.75) is 64.8 Å². The second kappa shape index (κ2) is 10.9. The van der Waals surface area contributed by atoms with Crippen molar-refractivity contribution in [3.05, 3.63) is 0 Å². The van der Waals surface area contributed by atoms with E-state index in [2.05, 4.69) is 24.5 Å². The maximum atomic E-state index is 11.5. The number of carboxylic acids is 1. The molecule has 0 aromatic heterocycles. The fraction of sp³-hybridized carbons (Fsp3) is 0.846. The average Bonchev–Trinajstić information content (AvgIpc) is 2.32. The van der Waals surface area contributed by atoms with E-state index in [1.54, 1.807) is 0 Å². The smallest absolute Gasteiger partial charge is 0.315 e. The van der Waals surface area contributed by atoms with Crippen LogP contribution in [0, 0.1) is 0 Å². The van der Waals surface area contributed by atoms with Gasteiger partial charge in [0.1, 0.15) is 0 Å². The van der Waals surface area contributed by atoms with Crippen molar-refractivity contribution in [2.24, 2.45) is 0 Å². The van der Waals surface area contributed by atoms with E-state index in [0.717, 1.165) is 32.1 Å². The van der Waals surface area contributed by atoms with Crippen molar-refractivity contribution >= 4 is 12.0 Å². The highest BCUT2D eigenvalue weighted by Crippen LogP contribution is 2.01. The molecule has 1 unspecified atom stereocenters. The first-order valence-electron chi connectivity index (χ1n) is 6.86. The van der Waals surface area contributed by atoms with Crippen molar-refractivity contribution in [3.63, 3.8) is 0 Å². The van der Waals surface area contributed by atoms with Gasteiger partial charge < -0.3 is 15.7 Å². The summed E-state index contributed by atoms with van der Waals surface area (Å²) in [5, 5.41) is 14.2. The molecule has 0 aromatic rings. The molecule has 0 heterocycles. The van der Waals surface area contributed by atoms with Crippen molar-refractivity contribution in [3.8, 4) is 0 Å². The third kappa shape index (κ3) is 9.93. The fourth-order valence-corrected chi connectivity index (χ4v) is 1.74. The molecule has 0 saturated carbocycles. The lowest BCUT2D eigenvalue weighted by Crippen LogP contribution is -2.42. The molecule has 0 radical (unpaired) electrons. The first-order chi connectivity index (χ1) is 8.60.